The molecule has 0 aliphatic carbocycles. The van der Waals surface area contributed by atoms with Crippen molar-refractivity contribution in [3.63, 3.8) is 0 Å². The normalized spacial score (nSPS) is 17.7. The fourth-order valence-electron chi connectivity index (χ4n) is 4.75. The quantitative estimate of drug-likeness (QED) is 0.347. The number of furan rings is 1. The van der Waals surface area contributed by atoms with E-state index < -0.39 is 0 Å². The van der Waals surface area contributed by atoms with E-state index >= 15 is 0 Å². The van der Waals surface area contributed by atoms with Gasteiger partial charge < -0.3 is 23.9 Å². The Hall–Kier alpha value is -3.58. The standard InChI is InChI=1S/C27H28N4O2S/c1-4-32-21-12-10-20(11-13-21)31-26(25(29-27(31)34)24-9-5-6-14-28-24)23-16-18(2)30(19(23)3)17-22-8-7-15-33-22/h5-16,25-26H,4,17H2,1-3H3,(H,29,34)/t25-,26+/m0/s1. The van der Waals surface area contributed by atoms with Gasteiger partial charge in [0.2, 0.25) is 0 Å². The number of nitrogens with one attached hydrogen (secondary N) is 1. The smallest absolute Gasteiger partial charge is 0.174 e. The maximum absolute atomic E-state index is 5.87. The van der Waals surface area contributed by atoms with Crippen molar-refractivity contribution in [3.05, 3.63) is 102 Å². The number of aryl methyl sites for hydroxylation is 1. The van der Waals surface area contributed by atoms with Crippen molar-refractivity contribution in [2.45, 2.75) is 39.4 Å². The molecular weight excluding hydrogens is 444 g/mol. The summed E-state index contributed by atoms with van der Waals surface area (Å²) in [6.07, 6.45) is 3.55. The minimum Gasteiger partial charge on any atom is -0.494 e. The Morgan fingerprint density at radius 2 is 1.91 bits per heavy atom. The highest BCUT2D eigenvalue weighted by Crippen LogP contribution is 2.43. The van der Waals surface area contributed by atoms with E-state index in [-0.39, 0.29) is 12.1 Å². The number of benzene rings is 1. The van der Waals surface area contributed by atoms with Crippen LogP contribution in [0.15, 0.2) is 77.5 Å². The minimum atomic E-state index is -0.0853. The number of hydrogen-bond acceptors (Lipinski definition) is 4. The first-order valence-corrected chi connectivity index (χ1v) is 11.9. The van der Waals surface area contributed by atoms with Crippen LogP contribution in [0, 0.1) is 13.8 Å². The topological polar surface area (TPSA) is 55.5 Å². The van der Waals surface area contributed by atoms with Crippen molar-refractivity contribution in [2.24, 2.45) is 0 Å². The maximum Gasteiger partial charge on any atom is 0.174 e. The Morgan fingerprint density at radius 3 is 2.59 bits per heavy atom. The number of aromatic nitrogens is 2. The van der Waals surface area contributed by atoms with Crippen molar-refractivity contribution >= 4 is 23.0 Å². The zero-order valence-corrected chi connectivity index (χ0v) is 20.4. The number of thiocarbonyl (C=S) groups is 1. The average Bonchev–Trinajstić information content (AvgIpc) is 3.55. The molecule has 6 nitrogen and oxygen atoms in total. The summed E-state index contributed by atoms with van der Waals surface area (Å²) in [6.45, 7) is 7.61. The fourth-order valence-corrected chi connectivity index (χ4v) is 5.09. The molecule has 0 radical (unpaired) electrons. The molecule has 1 aliphatic rings. The van der Waals surface area contributed by atoms with E-state index in [1.807, 2.05) is 49.5 Å². The Kier molecular flexibility index (Phi) is 6.11. The van der Waals surface area contributed by atoms with Crippen LogP contribution in [-0.4, -0.2) is 21.3 Å². The van der Waals surface area contributed by atoms with Crippen molar-refractivity contribution < 1.29 is 9.15 Å². The van der Waals surface area contributed by atoms with Crippen LogP contribution in [0.3, 0.4) is 0 Å². The number of pyridine rings is 1. The molecule has 1 aromatic carbocycles. The second kappa shape index (κ2) is 9.35. The lowest BCUT2D eigenvalue weighted by Gasteiger charge is -2.28. The number of hydrogen-bond donors (Lipinski definition) is 1. The Labute approximate surface area is 205 Å². The molecule has 34 heavy (non-hydrogen) atoms. The van der Waals surface area contributed by atoms with Gasteiger partial charge in [0.25, 0.3) is 0 Å². The van der Waals surface area contributed by atoms with Gasteiger partial charge in [-0.25, -0.2) is 0 Å². The summed E-state index contributed by atoms with van der Waals surface area (Å²) < 4.78 is 13.6. The zero-order valence-electron chi connectivity index (χ0n) is 19.6. The van der Waals surface area contributed by atoms with Crippen LogP contribution in [0.25, 0.3) is 0 Å². The molecule has 0 spiro atoms. The molecule has 1 N–H and O–H groups in total. The van der Waals surface area contributed by atoms with E-state index in [4.69, 9.17) is 21.4 Å². The zero-order chi connectivity index (χ0) is 23.7. The van der Waals surface area contributed by atoms with E-state index in [0.29, 0.717) is 18.3 Å². The molecule has 0 unspecified atom stereocenters. The molecule has 1 saturated heterocycles. The van der Waals surface area contributed by atoms with Crippen LogP contribution in [0.4, 0.5) is 5.69 Å². The molecule has 4 aromatic rings. The number of ether oxygens (including phenoxy) is 1. The minimum absolute atomic E-state index is 0.0584. The van der Waals surface area contributed by atoms with E-state index in [1.54, 1.807) is 6.26 Å². The van der Waals surface area contributed by atoms with Crippen LogP contribution < -0.4 is 15.0 Å². The highest BCUT2D eigenvalue weighted by molar-refractivity contribution is 7.80. The number of nitrogens with zero attached hydrogens (tertiary/aromatic N) is 3. The molecule has 174 valence electrons. The predicted octanol–water partition coefficient (Wildman–Crippen LogP) is 5.72. The summed E-state index contributed by atoms with van der Waals surface area (Å²) in [7, 11) is 0. The van der Waals surface area contributed by atoms with Crippen LogP contribution in [0.1, 0.15) is 47.4 Å². The van der Waals surface area contributed by atoms with Crippen molar-refractivity contribution in [1.29, 1.82) is 0 Å². The highest BCUT2D eigenvalue weighted by atomic mass is 32.1. The maximum atomic E-state index is 5.87. The van der Waals surface area contributed by atoms with E-state index in [1.165, 1.54) is 17.0 Å². The lowest BCUT2D eigenvalue weighted by Crippen LogP contribution is -2.29. The number of anilines is 1. The van der Waals surface area contributed by atoms with Crippen LogP contribution in [-0.2, 0) is 6.54 Å². The van der Waals surface area contributed by atoms with Gasteiger partial charge in [0.1, 0.15) is 11.5 Å². The van der Waals surface area contributed by atoms with Crippen LogP contribution >= 0.6 is 12.2 Å². The molecule has 0 saturated carbocycles. The van der Waals surface area contributed by atoms with E-state index in [2.05, 4.69) is 57.9 Å². The SMILES string of the molecule is CCOc1ccc(N2C(=S)N[C@@H](c3ccccn3)[C@H]2c2cc(C)n(Cc3ccco3)c2C)cc1. The van der Waals surface area contributed by atoms with Gasteiger partial charge in [-0.3, -0.25) is 4.98 Å². The Balaban J connectivity index is 1.59. The first-order valence-electron chi connectivity index (χ1n) is 11.5. The molecule has 7 heteroatoms. The van der Waals surface area contributed by atoms with E-state index in [9.17, 15) is 0 Å². The second-order valence-corrected chi connectivity index (χ2v) is 8.80. The molecule has 4 heterocycles. The second-order valence-electron chi connectivity index (χ2n) is 8.42. The van der Waals surface area contributed by atoms with Crippen LogP contribution in [0.5, 0.6) is 5.75 Å². The van der Waals surface area contributed by atoms with Crippen LogP contribution in [0.2, 0.25) is 0 Å². The lowest BCUT2D eigenvalue weighted by atomic mass is 9.96. The van der Waals surface area contributed by atoms with Gasteiger partial charge in [0.15, 0.2) is 5.11 Å². The first-order chi connectivity index (χ1) is 16.6. The summed E-state index contributed by atoms with van der Waals surface area (Å²) in [5, 5.41) is 4.23. The Bertz CT molecular complexity index is 1270. The van der Waals surface area contributed by atoms with Gasteiger partial charge >= 0.3 is 0 Å². The summed E-state index contributed by atoms with van der Waals surface area (Å²) in [4.78, 5) is 6.86. The van der Waals surface area contributed by atoms with Gasteiger partial charge in [-0.2, -0.15) is 0 Å². The number of rotatable bonds is 7. The molecular formula is C27H28N4O2S. The fraction of sp³-hybridized carbons (Fsp3) is 0.259. The summed E-state index contributed by atoms with van der Waals surface area (Å²) in [5.41, 5.74) is 5.54. The van der Waals surface area contributed by atoms with Gasteiger partial charge in [-0.15, -0.1) is 0 Å². The van der Waals surface area contributed by atoms with Gasteiger partial charge in [0.05, 0.1) is 37.2 Å². The highest BCUT2D eigenvalue weighted by Gasteiger charge is 2.42. The van der Waals surface area contributed by atoms with Gasteiger partial charge in [-0.1, -0.05) is 6.07 Å². The lowest BCUT2D eigenvalue weighted by molar-refractivity contribution is 0.340. The summed E-state index contributed by atoms with van der Waals surface area (Å²) in [5.74, 6) is 1.77. The average molecular weight is 473 g/mol. The molecule has 5 rings (SSSR count). The molecule has 1 aliphatic heterocycles. The first kappa shape index (κ1) is 22.2. The molecule has 1 fully saturated rings. The third-order valence-corrected chi connectivity index (χ3v) is 6.66. The van der Waals surface area contributed by atoms with E-state index in [0.717, 1.165) is 22.9 Å². The van der Waals surface area contributed by atoms with Crippen molar-refractivity contribution in [3.8, 4) is 5.75 Å². The third-order valence-electron chi connectivity index (χ3n) is 6.35. The summed E-state index contributed by atoms with van der Waals surface area (Å²) in [6, 6.07) is 20.2. The third kappa shape index (κ3) is 4.07. The summed E-state index contributed by atoms with van der Waals surface area (Å²) >= 11 is 5.87. The largest absolute Gasteiger partial charge is 0.494 e. The van der Waals surface area contributed by atoms with Gasteiger partial charge in [0, 0.05) is 23.3 Å². The molecule has 3 aromatic heterocycles. The molecule has 0 amide bonds. The Morgan fingerprint density at radius 1 is 1.09 bits per heavy atom. The van der Waals surface area contributed by atoms with Crippen molar-refractivity contribution in [2.75, 3.05) is 11.5 Å². The molecule has 0 bridgehead atoms. The van der Waals surface area contributed by atoms with Gasteiger partial charge in [-0.05, 0) is 93.1 Å². The van der Waals surface area contributed by atoms with Crippen molar-refractivity contribution in [1.82, 2.24) is 14.9 Å². The predicted molar refractivity (Wildman–Crippen MR) is 137 cm³/mol. The molecule has 2 atom stereocenters. The monoisotopic (exact) mass is 472 g/mol.